The Bertz CT molecular complexity index is 2840. The number of imide groups is 1. The number of thiophene rings is 5. The van der Waals surface area contributed by atoms with Crippen molar-refractivity contribution in [3.05, 3.63) is 87.6 Å². The third-order valence-corrected chi connectivity index (χ3v) is 21.7. The van der Waals surface area contributed by atoms with E-state index in [9.17, 15) is 9.59 Å². The van der Waals surface area contributed by atoms with Gasteiger partial charge in [-0.3, -0.25) is 9.59 Å². The summed E-state index contributed by atoms with van der Waals surface area (Å²) in [7, 11) is 0. The standard InChI is InChI=1S/C60H75NO4S5/c1-13-59(9,10)47-29-28-45(67-47)56-50-49(57(62)61(58(50)63)40-24-16-15-17-25-40)55(70-56)44-27-26-43(66-44)46-34-41-51(64-32-30-38(7)22-18-20-36(3)4)54-42(35-48(69-54)60(11,12)14-2)52(53(41)68-46)65-33-31-39(8)23-19-21-37(5)6/h15-17,24-29,34-39H,13-14,18-23,30-33H2,1-12H3. The van der Waals surface area contributed by atoms with Crippen LogP contribution in [0.3, 0.4) is 0 Å². The van der Waals surface area contributed by atoms with E-state index < -0.39 is 0 Å². The Morgan fingerprint density at radius 1 is 0.514 bits per heavy atom. The molecule has 2 amide bonds. The highest BCUT2D eigenvalue weighted by Gasteiger charge is 2.44. The second-order valence-corrected chi connectivity index (χ2v) is 27.4. The molecule has 6 heterocycles. The normalized spacial score (nSPS) is 14.3. The fraction of sp³-hybridized carbons (Fsp3) is 0.500. The minimum absolute atomic E-state index is 0.00543. The molecule has 0 aliphatic carbocycles. The van der Waals surface area contributed by atoms with Gasteiger partial charge in [0.2, 0.25) is 0 Å². The first-order chi connectivity index (χ1) is 33.4. The molecule has 0 saturated carbocycles. The number of rotatable bonds is 24. The second-order valence-electron chi connectivity index (χ2n) is 22.1. The number of ether oxygens (including phenoxy) is 2. The average Bonchev–Trinajstić information content (AvgIpc) is 4.19. The molecule has 1 aliphatic rings. The highest BCUT2D eigenvalue weighted by molar-refractivity contribution is 7.30. The van der Waals surface area contributed by atoms with Gasteiger partial charge in [0, 0.05) is 40.0 Å². The zero-order valence-corrected chi connectivity index (χ0v) is 47.8. The summed E-state index contributed by atoms with van der Waals surface area (Å²) < 4.78 is 16.4. The van der Waals surface area contributed by atoms with Crippen molar-refractivity contribution in [2.75, 3.05) is 18.1 Å². The Balaban J connectivity index is 1.21. The number of amides is 2. The number of hydrogen-bond acceptors (Lipinski definition) is 9. The largest absolute Gasteiger partial charge is 0.491 e. The molecule has 0 fully saturated rings. The first-order valence-electron chi connectivity index (χ1n) is 26.0. The monoisotopic (exact) mass is 1030 g/mol. The van der Waals surface area contributed by atoms with Crippen LogP contribution in [0.2, 0.25) is 0 Å². The SMILES string of the molecule is CCC(C)(C)c1ccc(-c2sc(-c3ccc(-c4cc5c(OCCC(C)CCCC(C)C)c6sc(C(C)(C)CC)cc6c(OCCC(C)CCCC(C)C)c5s4)s3)c3c2C(=O)N(c2ccccc2)C3=O)s1. The lowest BCUT2D eigenvalue weighted by Gasteiger charge is -2.20. The van der Waals surface area contributed by atoms with Crippen LogP contribution in [0.25, 0.3) is 49.4 Å². The molecule has 70 heavy (non-hydrogen) atoms. The van der Waals surface area contributed by atoms with Crippen molar-refractivity contribution in [3.63, 3.8) is 0 Å². The predicted molar refractivity (Wildman–Crippen MR) is 307 cm³/mol. The Hall–Kier alpha value is -3.80. The summed E-state index contributed by atoms with van der Waals surface area (Å²) in [6, 6.07) is 22.8. The number of fused-ring (bicyclic) bond motifs is 3. The fourth-order valence-electron chi connectivity index (χ4n) is 9.28. The van der Waals surface area contributed by atoms with Gasteiger partial charge in [0.1, 0.15) is 11.5 Å². The van der Waals surface area contributed by atoms with E-state index in [4.69, 9.17) is 9.47 Å². The number of anilines is 1. The molecule has 0 bridgehead atoms. The van der Waals surface area contributed by atoms with Crippen molar-refractivity contribution < 1.29 is 19.1 Å². The maximum absolute atomic E-state index is 14.6. The molecule has 10 heteroatoms. The maximum atomic E-state index is 14.6. The van der Waals surface area contributed by atoms with Gasteiger partial charge in [-0.15, -0.1) is 56.7 Å². The molecule has 2 unspecified atom stereocenters. The number of nitrogens with zero attached hydrogens (tertiary/aromatic N) is 1. The molecule has 2 atom stereocenters. The summed E-state index contributed by atoms with van der Waals surface area (Å²) >= 11 is 8.68. The Kier molecular flexibility index (Phi) is 16.6. The second kappa shape index (κ2) is 22.1. The molecule has 5 nitrogen and oxygen atoms in total. The summed E-state index contributed by atoms with van der Waals surface area (Å²) in [5.41, 5.74) is 1.65. The van der Waals surface area contributed by atoms with Crippen LogP contribution in [-0.4, -0.2) is 25.0 Å². The van der Waals surface area contributed by atoms with Crippen LogP contribution < -0.4 is 14.4 Å². The number of carbonyl (C=O) groups is 2. The van der Waals surface area contributed by atoms with Gasteiger partial charge in [-0.25, -0.2) is 4.90 Å². The third kappa shape index (κ3) is 11.1. The summed E-state index contributed by atoms with van der Waals surface area (Å²) in [6.07, 6.45) is 11.5. The maximum Gasteiger partial charge on any atom is 0.267 e. The van der Waals surface area contributed by atoms with Gasteiger partial charge in [-0.05, 0) is 109 Å². The molecule has 0 spiro atoms. The number of carbonyl (C=O) groups excluding carboxylic acids is 2. The summed E-state index contributed by atoms with van der Waals surface area (Å²) in [6.45, 7) is 29.1. The van der Waals surface area contributed by atoms with Crippen LogP contribution in [0, 0.1) is 23.7 Å². The van der Waals surface area contributed by atoms with E-state index in [-0.39, 0.29) is 22.6 Å². The molecule has 8 rings (SSSR count). The van der Waals surface area contributed by atoms with E-state index in [0.29, 0.717) is 41.9 Å². The van der Waals surface area contributed by atoms with Gasteiger partial charge in [-0.1, -0.05) is 140 Å². The van der Waals surface area contributed by atoms with Crippen LogP contribution in [0.5, 0.6) is 11.5 Å². The van der Waals surface area contributed by atoms with Gasteiger partial charge in [0.25, 0.3) is 11.8 Å². The summed E-state index contributed by atoms with van der Waals surface area (Å²) in [5.74, 6) is 4.06. The van der Waals surface area contributed by atoms with Crippen LogP contribution in [-0.2, 0) is 10.8 Å². The summed E-state index contributed by atoms with van der Waals surface area (Å²) in [4.78, 5) is 39.2. The van der Waals surface area contributed by atoms with Crippen LogP contribution in [0.1, 0.15) is 178 Å². The van der Waals surface area contributed by atoms with Crippen molar-refractivity contribution in [2.24, 2.45) is 23.7 Å². The van der Waals surface area contributed by atoms with Crippen LogP contribution >= 0.6 is 56.7 Å². The molecule has 0 N–H and O–H groups in total. The first-order valence-corrected chi connectivity index (χ1v) is 30.1. The predicted octanol–water partition coefficient (Wildman–Crippen LogP) is 19.9. The molecule has 374 valence electrons. The Morgan fingerprint density at radius 2 is 1.01 bits per heavy atom. The van der Waals surface area contributed by atoms with Gasteiger partial charge < -0.3 is 9.47 Å². The topological polar surface area (TPSA) is 55.8 Å². The lowest BCUT2D eigenvalue weighted by Crippen LogP contribution is -2.29. The molecule has 1 aliphatic heterocycles. The molecular formula is C60H75NO4S5. The van der Waals surface area contributed by atoms with Gasteiger partial charge in [0.15, 0.2) is 0 Å². The number of hydrogen-bond donors (Lipinski definition) is 0. The van der Waals surface area contributed by atoms with Gasteiger partial charge in [0.05, 0.1) is 49.2 Å². The smallest absolute Gasteiger partial charge is 0.267 e. The molecule has 7 aromatic rings. The minimum Gasteiger partial charge on any atom is -0.491 e. The van der Waals surface area contributed by atoms with Crippen LogP contribution in [0.4, 0.5) is 5.69 Å². The lowest BCUT2D eigenvalue weighted by molar-refractivity contribution is 0.0926. The van der Waals surface area contributed by atoms with E-state index in [1.165, 1.54) is 57.9 Å². The van der Waals surface area contributed by atoms with E-state index in [2.05, 4.69) is 119 Å². The fourth-order valence-corrected chi connectivity index (χ4v) is 15.6. The van der Waals surface area contributed by atoms with Crippen molar-refractivity contribution in [1.82, 2.24) is 0 Å². The van der Waals surface area contributed by atoms with Crippen molar-refractivity contribution in [1.29, 1.82) is 0 Å². The van der Waals surface area contributed by atoms with E-state index in [1.807, 2.05) is 41.7 Å². The van der Waals surface area contributed by atoms with Crippen molar-refractivity contribution in [3.8, 4) is 40.8 Å². The van der Waals surface area contributed by atoms with Gasteiger partial charge >= 0.3 is 0 Å². The minimum atomic E-state index is -0.260. The molecule has 5 aromatic heterocycles. The van der Waals surface area contributed by atoms with E-state index in [0.717, 1.165) is 93.8 Å². The van der Waals surface area contributed by atoms with Gasteiger partial charge in [-0.2, -0.15) is 0 Å². The lowest BCUT2D eigenvalue weighted by atomic mass is 9.88. The van der Waals surface area contributed by atoms with Crippen LogP contribution in [0.15, 0.2) is 66.7 Å². The van der Waals surface area contributed by atoms with E-state index in [1.54, 1.807) is 45.3 Å². The number of para-hydroxylation sites is 1. The first kappa shape index (κ1) is 52.5. The zero-order valence-electron chi connectivity index (χ0n) is 43.8. The molecule has 2 aromatic carbocycles. The highest BCUT2D eigenvalue weighted by atomic mass is 32.1. The molecule has 0 saturated heterocycles. The van der Waals surface area contributed by atoms with Crippen molar-refractivity contribution in [2.45, 2.75) is 158 Å². The average molecular weight is 1030 g/mol. The third-order valence-electron chi connectivity index (χ3n) is 14.8. The van der Waals surface area contributed by atoms with Crippen molar-refractivity contribution >= 4 is 94.4 Å². The quantitative estimate of drug-likeness (QED) is 0.0566. The Labute approximate surface area is 438 Å². The van der Waals surface area contributed by atoms with E-state index >= 15 is 0 Å². The summed E-state index contributed by atoms with van der Waals surface area (Å²) in [5, 5.41) is 2.27. The Morgan fingerprint density at radius 3 is 1.57 bits per heavy atom. The highest BCUT2D eigenvalue weighted by Crippen LogP contribution is 2.55. The molecule has 0 radical (unpaired) electrons. The molecular weight excluding hydrogens is 959 g/mol. The zero-order chi connectivity index (χ0) is 50.1. The number of benzene rings is 2.